The lowest BCUT2D eigenvalue weighted by molar-refractivity contribution is -0.0122. The zero-order valence-corrected chi connectivity index (χ0v) is 27.1. The summed E-state index contributed by atoms with van der Waals surface area (Å²) >= 11 is 0. The maximum absolute atomic E-state index is 14.2. The molecule has 2 aromatic carbocycles. The highest BCUT2D eigenvalue weighted by molar-refractivity contribution is 6.02. The molecule has 1 heterocycles. The van der Waals surface area contributed by atoms with E-state index < -0.39 is 17.9 Å². The number of carbonyl (C=O) groups excluding carboxylic acids is 3. The van der Waals surface area contributed by atoms with Gasteiger partial charge in [-0.15, -0.1) is 0 Å². The van der Waals surface area contributed by atoms with Crippen LogP contribution in [0.3, 0.4) is 0 Å². The number of rotatable bonds is 7. The van der Waals surface area contributed by atoms with Gasteiger partial charge in [-0.25, -0.2) is 14.0 Å². The minimum atomic E-state index is -0.566. The molecule has 0 aliphatic carbocycles. The van der Waals surface area contributed by atoms with Crippen LogP contribution in [0, 0.1) is 11.7 Å². The van der Waals surface area contributed by atoms with E-state index in [9.17, 15) is 23.9 Å². The number of halogens is 1. The van der Waals surface area contributed by atoms with E-state index in [0.717, 1.165) is 19.3 Å². The van der Waals surface area contributed by atoms with Crippen molar-refractivity contribution in [3.05, 3.63) is 53.8 Å². The van der Waals surface area contributed by atoms with Gasteiger partial charge in [-0.05, 0) is 89.4 Å². The Morgan fingerprint density at radius 2 is 1.73 bits per heavy atom. The van der Waals surface area contributed by atoms with E-state index in [2.05, 4.69) is 16.0 Å². The standard InChI is InChI=1S/C33H48FN5O6/c1-21(2)35-33(43)38(6)19-30-22(3)18-39(23(4)20-40)31(41)28-17-27(37-32(42)36-26-12-10-25(34)11-13-26)14-15-29(28)45-24(5)9-7-8-16-44-30/h10-15,17,21-24,30,40H,7-9,16,18-20H2,1-6H3,(H,35,43)(H2,36,37,42)/t22-,23+,24-,30-/m0/s1. The summed E-state index contributed by atoms with van der Waals surface area (Å²) in [4.78, 5) is 42.8. The van der Waals surface area contributed by atoms with E-state index in [1.54, 1.807) is 42.0 Å². The number of aliphatic hydroxyl groups excluding tert-OH is 1. The normalized spacial score (nSPS) is 20.3. The van der Waals surface area contributed by atoms with Gasteiger partial charge in [0.25, 0.3) is 5.91 Å². The maximum Gasteiger partial charge on any atom is 0.323 e. The molecule has 0 saturated carbocycles. The van der Waals surface area contributed by atoms with E-state index in [0.29, 0.717) is 30.3 Å². The molecule has 11 nitrogen and oxygen atoms in total. The first-order valence-corrected chi connectivity index (χ1v) is 15.6. The molecular weight excluding hydrogens is 581 g/mol. The first-order chi connectivity index (χ1) is 21.4. The Morgan fingerprint density at radius 1 is 1.07 bits per heavy atom. The van der Waals surface area contributed by atoms with Gasteiger partial charge in [-0.1, -0.05) is 6.92 Å². The van der Waals surface area contributed by atoms with Gasteiger partial charge in [0.05, 0.1) is 30.4 Å². The Balaban J connectivity index is 1.91. The van der Waals surface area contributed by atoms with Crippen molar-refractivity contribution in [3.63, 3.8) is 0 Å². The van der Waals surface area contributed by atoms with Gasteiger partial charge in [0, 0.05) is 50.1 Å². The number of hydrogen-bond acceptors (Lipinski definition) is 6. The van der Waals surface area contributed by atoms with Crippen molar-refractivity contribution in [3.8, 4) is 5.75 Å². The summed E-state index contributed by atoms with van der Waals surface area (Å²) < 4.78 is 25.8. The smallest absolute Gasteiger partial charge is 0.323 e. The van der Waals surface area contributed by atoms with E-state index in [-0.39, 0.29) is 54.8 Å². The Hall–Kier alpha value is -3.90. The molecule has 12 heteroatoms. The average molecular weight is 630 g/mol. The second kappa shape index (κ2) is 17.0. The molecule has 0 saturated heterocycles. The molecule has 0 fully saturated rings. The summed E-state index contributed by atoms with van der Waals surface area (Å²) in [6.45, 7) is 10.2. The number of likely N-dealkylation sites (N-methyl/N-ethyl adjacent to an activating group) is 1. The second-order valence-corrected chi connectivity index (χ2v) is 12.1. The third-order valence-electron chi connectivity index (χ3n) is 7.62. The molecule has 1 aliphatic rings. The van der Waals surface area contributed by atoms with Gasteiger partial charge < -0.3 is 40.3 Å². The summed E-state index contributed by atoms with van der Waals surface area (Å²) in [6, 6.07) is 8.89. The van der Waals surface area contributed by atoms with E-state index in [1.165, 1.54) is 24.3 Å². The number of hydrogen-bond donors (Lipinski definition) is 4. The number of ether oxygens (including phenoxy) is 2. The number of fused-ring (bicyclic) bond motifs is 1. The molecule has 2 aromatic rings. The molecule has 3 rings (SSSR count). The topological polar surface area (TPSA) is 132 Å². The van der Waals surface area contributed by atoms with Gasteiger partial charge in [-0.2, -0.15) is 0 Å². The molecule has 248 valence electrons. The van der Waals surface area contributed by atoms with Crippen molar-refractivity contribution in [1.29, 1.82) is 0 Å². The van der Waals surface area contributed by atoms with Crippen molar-refractivity contribution in [2.75, 3.05) is 44.0 Å². The van der Waals surface area contributed by atoms with Crippen LogP contribution < -0.4 is 20.7 Å². The van der Waals surface area contributed by atoms with E-state index in [4.69, 9.17) is 9.47 Å². The van der Waals surface area contributed by atoms with Crippen LogP contribution in [0.5, 0.6) is 5.75 Å². The van der Waals surface area contributed by atoms with Crippen LogP contribution in [-0.4, -0.2) is 90.5 Å². The van der Waals surface area contributed by atoms with Crippen LogP contribution >= 0.6 is 0 Å². The molecule has 0 radical (unpaired) electrons. The van der Waals surface area contributed by atoms with Crippen molar-refractivity contribution < 1.29 is 33.4 Å². The Morgan fingerprint density at radius 3 is 2.40 bits per heavy atom. The van der Waals surface area contributed by atoms with Gasteiger partial charge in [0.2, 0.25) is 0 Å². The monoisotopic (exact) mass is 629 g/mol. The zero-order chi connectivity index (χ0) is 33.1. The van der Waals surface area contributed by atoms with Gasteiger partial charge in [0.15, 0.2) is 0 Å². The van der Waals surface area contributed by atoms with Crippen molar-refractivity contribution >= 4 is 29.3 Å². The highest BCUT2D eigenvalue weighted by Gasteiger charge is 2.31. The molecule has 0 spiro atoms. The maximum atomic E-state index is 14.2. The second-order valence-electron chi connectivity index (χ2n) is 12.1. The summed E-state index contributed by atoms with van der Waals surface area (Å²) in [5.41, 5.74) is 0.987. The van der Waals surface area contributed by atoms with Crippen LogP contribution in [0.4, 0.5) is 25.4 Å². The predicted octanol–water partition coefficient (Wildman–Crippen LogP) is 5.32. The largest absolute Gasteiger partial charge is 0.490 e. The van der Waals surface area contributed by atoms with Gasteiger partial charge in [-0.3, -0.25) is 4.79 Å². The lowest BCUT2D eigenvalue weighted by atomic mass is 10.0. The minimum Gasteiger partial charge on any atom is -0.490 e. The van der Waals surface area contributed by atoms with Crippen molar-refractivity contribution in [1.82, 2.24) is 15.1 Å². The third-order valence-corrected chi connectivity index (χ3v) is 7.62. The molecule has 0 bridgehead atoms. The van der Waals surface area contributed by atoms with Crippen LogP contribution in [0.15, 0.2) is 42.5 Å². The van der Waals surface area contributed by atoms with Crippen LogP contribution in [0.2, 0.25) is 0 Å². The number of benzene rings is 2. The Bertz CT molecular complexity index is 1280. The Labute approximate surface area is 265 Å². The third kappa shape index (κ3) is 10.9. The van der Waals surface area contributed by atoms with Crippen molar-refractivity contribution in [2.24, 2.45) is 5.92 Å². The first kappa shape index (κ1) is 35.6. The summed E-state index contributed by atoms with van der Waals surface area (Å²) in [5, 5.41) is 18.4. The number of amides is 5. The molecule has 1 aliphatic heterocycles. The molecule has 4 N–H and O–H groups in total. The van der Waals surface area contributed by atoms with E-state index in [1.807, 2.05) is 27.7 Å². The molecular formula is C33H48FN5O6. The zero-order valence-electron chi connectivity index (χ0n) is 27.1. The number of anilines is 2. The highest BCUT2D eigenvalue weighted by Crippen LogP contribution is 2.28. The van der Waals surface area contributed by atoms with Gasteiger partial charge in [0.1, 0.15) is 11.6 Å². The number of aliphatic hydroxyl groups is 1. The first-order valence-electron chi connectivity index (χ1n) is 15.6. The summed E-state index contributed by atoms with van der Waals surface area (Å²) in [7, 11) is 1.72. The molecule has 0 unspecified atom stereocenters. The summed E-state index contributed by atoms with van der Waals surface area (Å²) in [6.07, 6.45) is 1.79. The minimum absolute atomic E-state index is 0.0153. The number of urea groups is 2. The SMILES string of the molecule is CC(C)NC(=O)N(C)C[C@@H]1OCCCC[C@H](C)Oc2ccc(NC(=O)Nc3ccc(F)cc3)cc2C(=O)N([C@H](C)CO)C[C@@H]1C. The van der Waals surface area contributed by atoms with Crippen molar-refractivity contribution in [2.45, 2.75) is 78.2 Å². The van der Waals surface area contributed by atoms with Crippen LogP contribution in [-0.2, 0) is 4.74 Å². The fourth-order valence-electron chi connectivity index (χ4n) is 5.00. The fourth-order valence-corrected chi connectivity index (χ4v) is 5.00. The fraction of sp³-hybridized carbons (Fsp3) is 0.545. The molecule has 0 aromatic heterocycles. The molecule has 5 amide bonds. The quantitative estimate of drug-likeness (QED) is 0.328. The highest BCUT2D eigenvalue weighted by atomic mass is 19.1. The summed E-state index contributed by atoms with van der Waals surface area (Å²) in [5.74, 6) is -0.631. The number of nitrogens with zero attached hydrogens (tertiary/aromatic N) is 2. The van der Waals surface area contributed by atoms with Gasteiger partial charge >= 0.3 is 12.1 Å². The van der Waals surface area contributed by atoms with E-state index >= 15 is 0 Å². The average Bonchev–Trinajstić information content (AvgIpc) is 2.99. The lowest BCUT2D eigenvalue weighted by Gasteiger charge is -2.36. The van der Waals surface area contributed by atoms with Crippen LogP contribution in [0.25, 0.3) is 0 Å². The molecule has 4 atom stereocenters. The number of nitrogens with one attached hydrogen (secondary N) is 3. The van der Waals surface area contributed by atoms with Crippen LogP contribution in [0.1, 0.15) is 64.2 Å². The Kier molecular flexibility index (Phi) is 13.4. The number of carbonyl (C=O) groups is 3. The predicted molar refractivity (Wildman–Crippen MR) is 172 cm³/mol. The lowest BCUT2D eigenvalue weighted by Crippen LogP contribution is -2.49. The molecule has 45 heavy (non-hydrogen) atoms.